The zero-order valence-corrected chi connectivity index (χ0v) is 13.3. The number of carbonyl (C=O) groups excluding carboxylic acids is 1. The minimum atomic E-state index is -0.220. The van der Waals surface area contributed by atoms with Gasteiger partial charge in [0.15, 0.2) is 0 Å². The number of ether oxygens (including phenoxy) is 2. The molecule has 1 N–H and O–H groups in total. The van der Waals surface area contributed by atoms with E-state index in [1.165, 1.54) is 0 Å². The number of rotatable bonds is 6. The summed E-state index contributed by atoms with van der Waals surface area (Å²) in [5, 5.41) is 7.06. The van der Waals surface area contributed by atoms with E-state index in [0.29, 0.717) is 11.3 Å². The second kappa shape index (κ2) is 6.98. The molecule has 0 spiro atoms. The number of benzene rings is 1. The Labute approximate surface area is 130 Å². The molecule has 0 saturated heterocycles. The summed E-state index contributed by atoms with van der Waals surface area (Å²) < 4.78 is 12.3. The van der Waals surface area contributed by atoms with Gasteiger partial charge in [0.05, 0.1) is 32.0 Å². The first kappa shape index (κ1) is 15.9. The van der Waals surface area contributed by atoms with E-state index in [0.717, 1.165) is 17.9 Å². The maximum Gasteiger partial charge on any atom is 0.254 e. The molecule has 0 aliphatic rings. The Balaban J connectivity index is 2.17. The smallest absolute Gasteiger partial charge is 0.254 e. The third-order valence-corrected chi connectivity index (χ3v) is 3.47. The van der Waals surface area contributed by atoms with Crippen LogP contribution in [0.25, 0.3) is 0 Å². The molecule has 0 aliphatic heterocycles. The number of methoxy groups -OCH3 is 2. The van der Waals surface area contributed by atoms with E-state index in [4.69, 9.17) is 9.47 Å². The zero-order chi connectivity index (χ0) is 16.1. The number of hydrogen-bond donors (Lipinski definition) is 1. The Morgan fingerprint density at radius 1 is 1.36 bits per heavy atom. The second-order valence-corrected chi connectivity index (χ2v) is 4.89. The van der Waals surface area contributed by atoms with Crippen LogP contribution in [0.15, 0.2) is 30.6 Å². The number of amides is 1. The lowest BCUT2D eigenvalue weighted by atomic mass is 10.1. The zero-order valence-electron chi connectivity index (χ0n) is 13.3. The summed E-state index contributed by atoms with van der Waals surface area (Å²) in [4.78, 5) is 12.3. The molecule has 2 rings (SSSR count). The van der Waals surface area contributed by atoms with Gasteiger partial charge in [-0.15, -0.1) is 0 Å². The quantitative estimate of drug-likeness (QED) is 0.890. The number of aryl methyl sites for hydroxylation is 1. The fraction of sp³-hybridized carbons (Fsp3) is 0.375. The van der Waals surface area contributed by atoms with Crippen molar-refractivity contribution in [3.63, 3.8) is 0 Å². The van der Waals surface area contributed by atoms with Gasteiger partial charge >= 0.3 is 0 Å². The predicted molar refractivity (Wildman–Crippen MR) is 83.3 cm³/mol. The third-order valence-electron chi connectivity index (χ3n) is 3.47. The molecular formula is C16H21N3O3. The molecular weight excluding hydrogens is 282 g/mol. The van der Waals surface area contributed by atoms with Crippen LogP contribution in [0.3, 0.4) is 0 Å². The lowest BCUT2D eigenvalue weighted by Crippen LogP contribution is -2.26. The minimum absolute atomic E-state index is 0.169. The summed E-state index contributed by atoms with van der Waals surface area (Å²) in [6.45, 7) is 4.60. The van der Waals surface area contributed by atoms with Gasteiger partial charge in [0, 0.05) is 18.3 Å². The molecule has 1 heterocycles. The van der Waals surface area contributed by atoms with Gasteiger partial charge in [0.2, 0.25) is 0 Å². The van der Waals surface area contributed by atoms with Gasteiger partial charge in [-0.05, 0) is 32.0 Å². The highest BCUT2D eigenvalue weighted by atomic mass is 16.5. The Bertz CT molecular complexity index is 652. The van der Waals surface area contributed by atoms with Gasteiger partial charge in [-0.1, -0.05) is 0 Å². The normalized spacial score (nSPS) is 11.8. The number of nitrogens with one attached hydrogen (secondary N) is 1. The maximum absolute atomic E-state index is 12.3. The van der Waals surface area contributed by atoms with Crippen molar-refractivity contribution in [2.45, 2.75) is 26.4 Å². The molecule has 0 fully saturated rings. The number of aromatic nitrogens is 2. The van der Waals surface area contributed by atoms with Gasteiger partial charge in [-0.25, -0.2) is 0 Å². The molecule has 6 nitrogen and oxygen atoms in total. The summed E-state index contributed by atoms with van der Waals surface area (Å²) in [7, 11) is 3.21. The van der Waals surface area contributed by atoms with E-state index < -0.39 is 0 Å². The van der Waals surface area contributed by atoms with Crippen LogP contribution in [0.4, 0.5) is 0 Å². The average Bonchev–Trinajstić information content (AvgIpc) is 3.03. The molecule has 0 saturated carbocycles. The highest BCUT2D eigenvalue weighted by Gasteiger charge is 2.17. The molecule has 1 aromatic carbocycles. The van der Waals surface area contributed by atoms with Crippen molar-refractivity contribution in [2.24, 2.45) is 0 Å². The van der Waals surface area contributed by atoms with Gasteiger partial charge in [-0.3, -0.25) is 9.48 Å². The summed E-state index contributed by atoms with van der Waals surface area (Å²) in [6.07, 6.45) is 3.29. The highest BCUT2D eigenvalue weighted by Crippen LogP contribution is 2.29. The molecule has 1 unspecified atom stereocenters. The standard InChI is InChI=1S/C16H21N3O3/c1-5-19-10-12(9-17-19)16(20)18-11(2)14-8-13(21-3)6-7-15(14)22-4/h6-11H,5H2,1-4H3,(H,18,20). The minimum Gasteiger partial charge on any atom is -0.497 e. The number of nitrogens with zero attached hydrogens (tertiary/aromatic N) is 2. The lowest BCUT2D eigenvalue weighted by Gasteiger charge is -2.18. The van der Waals surface area contributed by atoms with Crippen LogP contribution in [0.2, 0.25) is 0 Å². The second-order valence-electron chi connectivity index (χ2n) is 4.89. The largest absolute Gasteiger partial charge is 0.497 e. The van der Waals surface area contributed by atoms with Crippen LogP contribution in [-0.4, -0.2) is 29.9 Å². The van der Waals surface area contributed by atoms with Gasteiger partial charge in [0.25, 0.3) is 5.91 Å². The van der Waals surface area contributed by atoms with Crippen molar-refractivity contribution < 1.29 is 14.3 Å². The van der Waals surface area contributed by atoms with E-state index in [1.807, 2.05) is 32.0 Å². The first-order chi connectivity index (χ1) is 10.6. The fourth-order valence-corrected chi connectivity index (χ4v) is 2.19. The predicted octanol–water partition coefficient (Wildman–Crippen LogP) is 2.41. The van der Waals surface area contributed by atoms with E-state index >= 15 is 0 Å². The Morgan fingerprint density at radius 2 is 2.14 bits per heavy atom. The van der Waals surface area contributed by atoms with Crippen molar-refractivity contribution in [3.8, 4) is 11.5 Å². The van der Waals surface area contributed by atoms with Crippen molar-refractivity contribution in [1.29, 1.82) is 0 Å². The maximum atomic E-state index is 12.3. The van der Waals surface area contributed by atoms with Gasteiger partial charge < -0.3 is 14.8 Å². The summed E-state index contributed by atoms with van der Waals surface area (Å²) >= 11 is 0. The molecule has 0 aliphatic carbocycles. The summed E-state index contributed by atoms with van der Waals surface area (Å²) in [6, 6.07) is 5.29. The number of carbonyl (C=O) groups is 1. The Morgan fingerprint density at radius 3 is 2.73 bits per heavy atom. The van der Waals surface area contributed by atoms with E-state index in [9.17, 15) is 4.79 Å². The number of hydrogen-bond acceptors (Lipinski definition) is 4. The van der Waals surface area contributed by atoms with E-state index in [-0.39, 0.29) is 11.9 Å². The molecule has 118 valence electrons. The topological polar surface area (TPSA) is 65.4 Å². The van der Waals surface area contributed by atoms with Crippen LogP contribution in [-0.2, 0) is 6.54 Å². The lowest BCUT2D eigenvalue weighted by molar-refractivity contribution is 0.0939. The Kier molecular flexibility index (Phi) is 5.04. The molecule has 1 atom stereocenters. The van der Waals surface area contributed by atoms with Crippen molar-refractivity contribution >= 4 is 5.91 Å². The SMILES string of the molecule is CCn1cc(C(=O)NC(C)c2cc(OC)ccc2OC)cn1. The molecule has 2 aromatic rings. The van der Waals surface area contributed by atoms with E-state index in [1.54, 1.807) is 31.3 Å². The monoisotopic (exact) mass is 303 g/mol. The molecule has 22 heavy (non-hydrogen) atoms. The third kappa shape index (κ3) is 3.39. The first-order valence-electron chi connectivity index (χ1n) is 7.14. The van der Waals surface area contributed by atoms with Crippen LogP contribution in [0.1, 0.15) is 35.8 Å². The Hall–Kier alpha value is -2.50. The van der Waals surface area contributed by atoms with Crippen molar-refractivity contribution in [3.05, 3.63) is 41.7 Å². The van der Waals surface area contributed by atoms with Crippen LogP contribution in [0.5, 0.6) is 11.5 Å². The molecule has 0 radical (unpaired) electrons. The van der Waals surface area contributed by atoms with Crippen molar-refractivity contribution in [2.75, 3.05) is 14.2 Å². The molecule has 1 aromatic heterocycles. The highest BCUT2D eigenvalue weighted by molar-refractivity contribution is 5.94. The first-order valence-corrected chi connectivity index (χ1v) is 7.14. The molecule has 0 bridgehead atoms. The van der Waals surface area contributed by atoms with E-state index in [2.05, 4.69) is 10.4 Å². The molecule has 1 amide bonds. The summed E-state index contributed by atoms with van der Waals surface area (Å²) in [5.41, 5.74) is 1.40. The van der Waals surface area contributed by atoms with Gasteiger partial charge in [0.1, 0.15) is 11.5 Å². The van der Waals surface area contributed by atoms with Gasteiger partial charge in [-0.2, -0.15) is 5.10 Å². The van der Waals surface area contributed by atoms with Crippen LogP contribution in [0, 0.1) is 0 Å². The van der Waals surface area contributed by atoms with Crippen molar-refractivity contribution in [1.82, 2.24) is 15.1 Å². The molecule has 6 heteroatoms. The van der Waals surface area contributed by atoms with Crippen LogP contribution >= 0.6 is 0 Å². The van der Waals surface area contributed by atoms with Crippen LogP contribution < -0.4 is 14.8 Å². The summed E-state index contributed by atoms with van der Waals surface area (Å²) in [5.74, 6) is 1.26. The average molecular weight is 303 g/mol. The fourth-order valence-electron chi connectivity index (χ4n) is 2.19.